The van der Waals surface area contributed by atoms with Gasteiger partial charge in [-0.15, -0.1) is 24.0 Å². The van der Waals surface area contributed by atoms with Crippen LogP contribution in [0, 0.1) is 11.6 Å². The highest BCUT2D eigenvalue weighted by atomic mass is 127. The Hall–Kier alpha value is -2.10. The summed E-state index contributed by atoms with van der Waals surface area (Å²) < 4.78 is 37.8. The van der Waals surface area contributed by atoms with Gasteiger partial charge in [-0.3, -0.25) is 0 Å². The molecule has 0 spiro atoms. The molecule has 0 aliphatic carbocycles. The lowest BCUT2D eigenvalue weighted by Gasteiger charge is -2.14. The molecule has 0 saturated carbocycles. The van der Waals surface area contributed by atoms with E-state index in [1.165, 1.54) is 0 Å². The van der Waals surface area contributed by atoms with Crippen LogP contribution >= 0.6 is 24.0 Å². The number of anilines is 1. The number of halogens is 3. The SMILES string of the molecule is CCNC(=NCc1cc(F)ccc1F)Nc1ccc(OCC)c(OC)c1.I. The summed E-state index contributed by atoms with van der Waals surface area (Å²) in [4.78, 5) is 4.31. The van der Waals surface area contributed by atoms with E-state index in [9.17, 15) is 8.78 Å². The molecule has 0 aliphatic rings. The molecule has 0 radical (unpaired) electrons. The van der Waals surface area contributed by atoms with Crippen molar-refractivity contribution in [3.63, 3.8) is 0 Å². The lowest BCUT2D eigenvalue weighted by molar-refractivity contribution is 0.311. The first-order valence-corrected chi connectivity index (χ1v) is 8.37. The molecule has 0 atom stereocenters. The van der Waals surface area contributed by atoms with Gasteiger partial charge >= 0.3 is 0 Å². The van der Waals surface area contributed by atoms with Gasteiger partial charge in [0.05, 0.1) is 20.3 Å². The number of hydrogen-bond acceptors (Lipinski definition) is 3. The maximum atomic E-state index is 13.7. The number of methoxy groups -OCH3 is 1. The Bertz CT molecular complexity index is 773. The number of benzene rings is 2. The lowest BCUT2D eigenvalue weighted by Crippen LogP contribution is -2.30. The van der Waals surface area contributed by atoms with Crippen molar-refractivity contribution in [3.8, 4) is 11.5 Å². The Morgan fingerprint density at radius 3 is 2.52 bits per heavy atom. The van der Waals surface area contributed by atoms with Crippen LogP contribution in [0.3, 0.4) is 0 Å². The summed E-state index contributed by atoms with van der Waals surface area (Å²) in [6, 6.07) is 8.71. The number of nitrogens with zero attached hydrogens (tertiary/aromatic N) is 1. The Morgan fingerprint density at radius 2 is 1.85 bits per heavy atom. The predicted molar refractivity (Wildman–Crippen MR) is 114 cm³/mol. The van der Waals surface area contributed by atoms with Crippen LogP contribution in [0.2, 0.25) is 0 Å². The number of nitrogens with one attached hydrogen (secondary N) is 2. The van der Waals surface area contributed by atoms with Crippen LogP contribution in [0.25, 0.3) is 0 Å². The van der Waals surface area contributed by atoms with Gasteiger partial charge in [0.25, 0.3) is 0 Å². The topological polar surface area (TPSA) is 54.9 Å². The maximum absolute atomic E-state index is 13.7. The number of rotatable bonds is 7. The molecule has 0 unspecified atom stereocenters. The molecule has 0 bridgehead atoms. The van der Waals surface area contributed by atoms with E-state index in [4.69, 9.17) is 9.47 Å². The fourth-order valence-corrected chi connectivity index (χ4v) is 2.29. The first kappa shape index (κ1) is 22.9. The maximum Gasteiger partial charge on any atom is 0.196 e. The quantitative estimate of drug-likeness (QED) is 0.339. The number of hydrogen-bond donors (Lipinski definition) is 2. The van der Waals surface area contributed by atoms with Crippen molar-refractivity contribution in [3.05, 3.63) is 53.6 Å². The van der Waals surface area contributed by atoms with Crippen molar-refractivity contribution in [1.82, 2.24) is 5.32 Å². The second-order valence-corrected chi connectivity index (χ2v) is 5.35. The fraction of sp³-hybridized carbons (Fsp3) is 0.316. The molecular formula is C19H24F2IN3O2. The third kappa shape index (κ3) is 6.85. The van der Waals surface area contributed by atoms with Crippen molar-refractivity contribution in [2.45, 2.75) is 20.4 Å². The Kier molecular flexibility index (Phi) is 9.84. The first-order chi connectivity index (χ1) is 12.6. The van der Waals surface area contributed by atoms with Gasteiger partial charge in [0, 0.05) is 23.9 Å². The van der Waals surface area contributed by atoms with Gasteiger partial charge in [-0.25, -0.2) is 13.8 Å². The highest BCUT2D eigenvalue weighted by Gasteiger charge is 2.08. The third-order valence-corrected chi connectivity index (χ3v) is 3.49. The second-order valence-electron chi connectivity index (χ2n) is 5.35. The van der Waals surface area contributed by atoms with E-state index < -0.39 is 11.6 Å². The Balaban J connectivity index is 0.00000364. The summed E-state index contributed by atoms with van der Waals surface area (Å²) in [5.74, 6) is 0.690. The summed E-state index contributed by atoms with van der Waals surface area (Å²) >= 11 is 0. The van der Waals surface area contributed by atoms with Crippen molar-refractivity contribution >= 4 is 35.6 Å². The summed E-state index contributed by atoms with van der Waals surface area (Å²) in [7, 11) is 1.56. The molecule has 0 fully saturated rings. The Labute approximate surface area is 175 Å². The van der Waals surface area contributed by atoms with E-state index in [0.29, 0.717) is 30.6 Å². The molecule has 0 aliphatic heterocycles. The zero-order valence-electron chi connectivity index (χ0n) is 15.5. The number of ether oxygens (including phenoxy) is 2. The number of guanidine groups is 1. The second kappa shape index (κ2) is 11.6. The summed E-state index contributed by atoms with van der Waals surface area (Å²) in [5, 5.41) is 6.18. The molecule has 2 rings (SSSR count). The van der Waals surface area contributed by atoms with Gasteiger partial charge in [-0.1, -0.05) is 0 Å². The van der Waals surface area contributed by atoms with Crippen molar-refractivity contribution in [2.24, 2.45) is 4.99 Å². The zero-order chi connectivity index (χ0) is 18.9. The molecule has 2 aromatic rings. The highest BCUT2D eigenvalue weighted by Crippen LogP contribution is 2.30. The van der Waals surface area contributed by atoms with E-state index in [0.717, 1.165) is 23.9 Å². The van der Waals surface area contributed by atoms with Crippen LogP contribution in [0.15, 0.2) is 41.4 Å². The summed E-state index contributed by atoms with van der Waals surface area (Å²) in [6.07, 6.45) is 0. The molecule has 0 aromatic heterocycles. The molecule has 148 valence electrons. The van der Waals surface area contributed by atoms with Gasteiger partial charge in [0.15, 0.2) is 17.5 Å². The molecule has 27 heavy (non-hydrogen) atoms. The average molecular weight is 491 g/mol. The van der Waals surface area contributed by atoms with E-state index in [1.54, 1.807) is 19.2 Å². The van der Waals surface area contributed by atoms with Crippen LogP contribution < -0.4 is 20.1 Å². The van der Waals surface area contributed by atoms with E-state index in [-0.39, 0.29) is 36.1 Å². The van der Waals surface area contributed by atoms with Crippen LogP contribution in [0.1, 0.15) is 19.4 Å². The van der Waals surface area contributed by atoms with Crippen LogP contribution in [0.5, 0.6) is 11.5 Å². The van der Waals surface area contributed by atoms with Gasteiger partial charge in [-0.2, -0.15) is 0 Å². The predicted octanol–water partition coefficient (Wildman–Crippen LogP) is 4.57. The summed E-state index contributed by atoms with van der Waals surface area (Å²) in [5.41, 5.74) is 0.913. The average Bonchev–Trinajstić information content (AvgIpc) is 2.63. The molecule has 8 heteroatoms. The third-order valence-electron chi connectivity index (χ3n) is 3.49. The van der Waals surface area contributed by atoms with E-state index in [1.807, 2.05) is 19.9 Å². The van der Waals surface area contributed by atoms with Crippen LogP contribution in [-0.4, -0.2) is 26.2 Å². The molecule has 5 nitrogen and oxygen atoms in total. The van der Waals surface area contributed by atoms with Crippen LogP contribution in [0.4, 0.5) is 14.5 Å². The first-order valence-electron chi connectivity index (χ1n) is 8.37. The molecular weight excluding hydrogens is 467 g/mol. The number of aliphatic imine (C=N–C) groups is 1. The van der Waals surface area contributed by atoms with Crippen molar-refractivity contribution in [1.29, 1.82) is 0 Å². The van der Waals surface area contributed by atoms with E-state index in [2.05, 4.69) is 15.6 Å². The van der Waals surface area contributed by atoms with Crippen molar-refractivity contribution < 1.29 is 18.3 Å². The highest BCUT2D eigenvalue weighted by molar-refractivity contribution is 14.0. The smallest absolute Gasteiger partial charge is 0.196 e. The minimum atomic E-state index is -0.495. The molecule has 2 aromatic carbocycles. The van der Waals surface area contributed by atoms with Gasteiger partial charge in [0.2, 0.25) is 0 Å². The van der Waals surface area contributed by atoms with Gasteiger partial charge in [-0.05, 0) is 44.2 Å². The fourth-order valence-electron chi connectivity index (χ4n) is 2.29. The minimum absolute atomic E-state index is 0. The van der Waals surface area contributed by atoms with Crippen LogP contribution in [-0.2, 0) is 6.54 Å². The largest absolute Gasteiger partial charge is 0.493 e. The van der Waals surface area contributed by atoms with Gasteiger partial charge < -0.3 is 20.1 Å². The molecule has 0 saturated heterocycles. The van der Waals surface area contributed by atoms with Crippen molar-refractivity contribution in [2.75, 3.05) is 25.6 Å². The zero-order valence-corrected chi connectivity index (χ0v) is 17.8. The van der Waals surface area contributed by atoms with Gasteiger partial charge in [0.1, 0.15) is 11.6 Å². The standard InChI is InChI=1S/C19H23F2N3O2.HI/c1-4-22-19(23-12-13-10-14(20)6-8-16(13)21)24-15-7-9-17(26-5-2)18(11-15)25-3;/h6-11H,4-5,12H2,1-3H3,(H2,22,23,24);1H. The normalized spacial score (nSPS) is 10.8. The Morgan fingerprint density at radius 1 is 1.07 bits per heavy atom. The molecule has 0 heterocycles. The lowest BCUT2D eigenvalue weighted by atomic mass is 10.2. The summed E-state index contributed by atoms with van der Waals surface area (Å²) in [6.45, 7) is 4.97. The molecule has 2 N–H and O–H groups in total. The monoisotopic (exact) mass is 491 g/mol. The molecule has 0 amide bonds. The van der Waals surface area contributed by atoms with E-state index >= 15 is 0 Å². The minimum Gasteiger partial charge on any atom is -0.493 e.